The van der Waals surface area contributed by atoms with Crippen molar-refractivity contribution in [1.82, 2.24) is 0 Å². The molecule has 0 radical (unpaired) electrons. The van der Waals surface area contributed by atoms with Crippen molar-refractivity contribution in [2.24, 2.45) is 11.8 Å². The van der Waals surface area contributed by atoms with E-state index in [9.17, 15) is 4.79 Å². The van der Waals surface area contributed by atoms with Crippen LogP contribution in [0.1, 0.15) is 106 Å². The molecule has 0 bridgehead atoms. The molecule has 0 amide bonds. The van der Waals surface area contributed by atoms with Crippen LogP contribution in [0.4, 0.5) is 0 Å². The molecule has 0 aliphatic heterocycles. The van der Waals surface area contributed by atoms with E-state index in [1.54, 1.807) is 0 Å². The average Bonchev–Trinajstić information content (AvgIpc) is 2.72. The Hall–Kier alpha value is -1.89. The number of allylic oxidation sites excluding steroid dienone is 12. The van der Waals surface area contributed by atoms with Gasteiger partial charge >= 0.3 is 0 Å². The van der Waals surface area contributed by atoms with Crippen molar-refractivity contribution in [3.05, 3.63) is 69.9 Å². The second-order valence-electron chi connectivity index (χ2n) is 10.2. The lowest BCUT2D eigenvalue weighted by Gasteiger charge is -2.25. The van der Waals surface area contributed by atoms with Crippen LogP contribution in [0.15, 0.2) is 69.9 Å². The number of hydrogen-bond donors (Lipinski definition) is 0. The van der Waals surface area contributed by atoms with Gasteiger partial charge in [-0.1, -0.05) is 69.9 Å². The third kappa shape index (κ3) is 8.93. The molecule has 0 N–H and O–H groups in total. The summed E-state index contributed by atoms with van der Waals surface area (Å²) in [6.45, 7) is 13.3. The van der Waals surface area contributed by atoms with Gasteiger partial charge < -0.3 is 0 Å². The van der Waals surface area contributed by atoms with E-state index < -0.39 is 0 Å². The predicted molar refractivity (Wildman–Crippen MR) is 141 cm³/mol. The maximum absolute atomic E-state index is 14.0. The Kier molecular flexibility index (Phi) is 11.2. The summed E-state index contributed by atoms with van der Waals surface area (Å²) in [5.41, 5.74) is 8.27. The quantitative estimate of drug-likeness (QED) is 0.395. The molecule has 1 nitrogen and oxygen atoms in total. The lowest BCUT2D eigenvalue weighted by atomic mass is 9.78. The largest absolute Gasteiger partial charge is 0.298 e. The third-order valence-corrected chi connectivity index (χ3v) is 7.32. The minimum absolute atomic E-state index is 0.0225. The summed E-state index contributed by atoms with van der Waals surface area (Å²) in [5.74, 6) is 0.479. The highest BCUT2D eigenvalue weighted by Crippen LogP contribution is 2.31. The molecule has 0 spiro atoms. The van der Waals surface area contributed by atoms with E-state index in [4.69, 9.17) is 0 Å². The van der Waals surface area contributed by atoms with Gasteiger partial charge in [-0.3, -0.25) is 4.79 Å². The zero-order valence-corrected chi connectivity index (χ0v) is 21.6. The van der Waals surface area contributed by atoms with Gasteiger partial charge in [0.25, 0.3) is 0 Å². The van der Waals surface area contributed by atoms with Crippen LogP contribution in [-0.2, 0) is 4.79 Å². The number of Topliss-reactive ketones (excluding diaryl/α,β-unsaturated/α-hetero) is 1. The van der Waals surface area contributed by atoms with Crippen LogP contribution in [-0.4, -0.2) is 5.78 Å². The number of hydrogen-bond acceptors (Lipinski definition) is 1. The minimum atomic E-state index is 0.0225. The molecule has 176 valence electrons. The van der Waals surface area contributed by atoms with E-state index in [-0.39, 0.29) is 11.8 Å². The molecule has 2 atom stereocenters. The van der Waals surface area contributed by atoms with Gasteiger partial charge in [0.1, 0.15) is 5.78 Å². The Morgan fingerprint density at radius 3 is 1.34 bits per heavy atom. The topological polar surface area (TPSA) is 17.1 Å². The predicted octanol–water partition coefficient (Wildman–Crippen LogP) is 9.39. The highest BCUT2D eigenvalue weighted by atomic mass is 16.1. The standard InChI is InChI=1S/C31H46O/c1-23-11-7-13-25(3)19-21-29(27(5)17-9-15-23)31(32)30-22-20-26(4)14-8-12-24(2)16-10-18-28(30)6/h13-18,29-30H,7-12,19-22H2,1-6H3/b23-15+,24-16+,25-13-,26-14+,27-17+,28-18+. The van der Waals surface area contributed by atoms with Crippen LogP contribution in [0.3, 0.4) is 0 Å². The van der Waals surface area contributed by atoms with E-state index in [1.807, 2.05) is 0 Å². The summed E-state index contributed by atoms with van der Waals surface area (Å²) in [4.78, 5) is 14.0. The third-order valence-electron chi connectivity index (χ3n) is 7.32. The smallest absolute Gasteiger partial charge is 0.147 e. The normalized spacial score (nSPS) is 34.9. The molecule has 0 aromatic carbocycles. The van der Waals surface area contributed by atoms with Crippen LogP contribution in [0.5, 0.6) is 0 Å². The number of rotatable bonds is 2. The maximum Gasteiger partial charge on any atom is 0.147 e. The van der Waals surface area contributed by atoms with Gasteiger partial charge in [-0.15, -0.1) is 0 Å². The van der Waals surface area contributed by atoms with E-state index >= 15 is 0 Å². The number of carbonyl (C=O) groups is 1. The molecule has 32 heavy (non-hydrogen) atoms. The molecule has 2 aliphatic rings. The van der Waals surface area contributed by atoms with Crippen molar-refractivity contribution >= 4 is 5.78 Å². The van der Waals surface area contributed by atoms with E-state index in [0.29, 0.717) is 5.78 Å². The monoisotopic (exact) mass is 434 g/mol. The summed E-state index contributed by atoms with van der Waals surface area (Å²) in [6.07, 6.45) is 24.3. The van der Waals surface area contributed by atoms with Crippen molar-refractivity contribution < 1.29 is 4.79 Å². The van der Waals surface area contributed by atoms with Crippen LogP contribution >= 0.6 is 0 Å². The molecule has 2 unspecified atom stereocenters. The van der Waals surface area contributed by atoms with Crippen molar-refractivity contribution in [1.29, 1.82) is 0 Å². The Bertz CT molecular complexity index is 757. The highest BCUT2D eigenvalue weighted by molar-refractivity contribution is 5.88. The Morgan fingerprint density at radius 2 is 0.938 bits per heavy atom. The lowest BCUT2D eigenvalue weighted by Crippen LogP contribution is -2.26. The van der Waals surface area contributed by atoms with Crippen molar-refractivity contribution in [2.75, 3.05) is 0 Å². The van der Waals surface area contributed by atoms with Crippen LogP contribution in [0, 0.1) is 11.8 Å². The molecule has 1 heteroatoms. The maximum atomic E-state index is 14.0. The summed E-state index contributed by atoms with van der Waals surface area (Å²) in [6, 6.07) is 0. The number of ketones is 1. The fourth-order valence-electron chi connectivity index (χ4n) is 4.85. The van der Waals surface area contributed by atoms with Crippen molar-refractivity contribution in [3.8, 4) is 0 Å². The van der Waals surface area contributed by atoms with E-state index in [0.717, 1.165) is 64.2 Å². The van der Waals surface area contributed by atoms with Gasteiger partial charge in [0.15, 0.2) is 0 Å². The molecule has 0 heterocycles. The fourth-order valence-corrected chi connectivity index (χ4v) is 4.85. The summed E-state index contributed by atoms with van der Waals surface area (Å²) in [5, 5.41) is 0. The highest BCUT2D eigenvalue weighted by Gasteiger charge is 2.29. The Morgan fingerprint density at radius 1 is 0.562 bits per heavy atom. The van der Waals surface area contributed by atoms with Gasteiger partial charge in [0.2, 0.25) is 0 Å². The van der Waals surface area contributed by atoms with Gasteiger partial charge in [-0.25, -0.2) is 0 Å². The zero-order chi connectivity index (χ0) is 23.5. The molecule has 0 saturated carbocycles. The van der Waals surface area contributed by atoms with Gasteiger partial charge in [-0.05, 0) is 106 Å². The average molecular weight is 435 g/mol. The summed E-state index contributed by atoms with van der Waals surface area (Å²) < 4.78 is 0. The molecule has 2 aliphatic carbocycles. The molecule has 2 rings (SSSR count). The molecule has 0 fully saturated rings. The molecule has 0 aromatic rings. The minimum Gasteiger partial charge on any atom is -0.298 e. The Labute approximate surface area is 198 Å². The van der Waals surface area contributed by atoms with Gasteiger partial charge in [-0.2, -0.15) is 0 Å². The van der Waals surface area contributed by atoms with E-state index in [2.05, 4.69) is 78.0 Å². The SMILES string of the molecule is C/C1=C/CC/C(C)=C/C/C=C(\C)C(C(=O)C2CC/C(C)=C/CC/C(C)=C/C/C=C/2C)CC1. The van der Waals surface area contributed by atoms with Crippen LogP contribution < -0.4 is 0 Å². The van der Waals surface area contributed by atoms with Gasteiger partial charge in [0.05, 0.1) is 0 Å². The molecular formula is C31H46O. The van der Waals surface area contributed by atoms with Crippen LogP contribution in [0.2, 0.25) is 0 Å². The zero-order valence-electron chi connectivity index (χ0n) is 21.6. The second-order valence-corrected chi connectivity index (χ2v) is 10.2. The first-order chi connectivity index (χ1) is 15.3. The first-order valence-corrected chi connectivity index (χ1v) is 12.8. The van der Waals surface area contributed by atoms with Crippen molar-refractivity contribution in [2.45, 2.75) is 106 Å². The molecular weight excluding hydrogens is 388 g/mol. The lowest BCUT2D eigenvalue weighted by molar-refractivity contribution is -0.125. The first kappa shape index (κ1) is 26.4. The van der Waals surface area contributed by atoms with Gasteiger partial charge in [0, 0.05) is 11.8 Å². The first-order valence-electron chi connectivity index (χ1n) is 12.8. The summed E-state index contributed by atoms with van der Waals surface area (Å²) >= 11 is 0. The van der Waals surface area contributed by atoms with E-state index in [1.165, 1.54) is 33.4 Å². The fraction of sp³-hybridized carbons (Fsp3) is 0.581. The molecule has 0 aromatic heterocycles. The van der Waals surface area contributed by atoms with Crippen molar-refractivity contribution in [3.63, 3.8) is 0 Å². The Balaban J connectivity index is 2.33. The van der Waals surface area contributed by atoms with Crippen LogP contribution in [0.25, 0.3) is 0 Å². The second kappa shape index (κ2) is 13.6. The molecule has 0 saturated heterocycles. The summed E-state index contributed by atoms with van der Waals surface area (Å²) in [7, 11) is 0. The number of carbonyl (C=O) groups excluding carboxylic acids is 1.